The molecule has 2 bridgehead atoms. The highest BCUT2D eigenvalue weighted by Gasteiger charge is 2.52. The molecule has 2 aliphatic rings. The topological polar surface area (TPSA) is 144 Å². The van der Waals surface area contributed by atoms with Gasteiger partial charge in [-0.05, 0) is 31.7 Å². The molecule has 4 aromatic rings. The number of alkyl halides is 3. The Morgan fingerprint density at radius 3 is 2.29 bits per heavy atom. The molecule has 6 rings (SSSR count). The number of carbonyl (C=O) groups excluding carboxylic acids is 1. The van der Waals surface area contributed by atoms with Crippen LogP contribution in [0, 0.1) is 0 Å². The summed E-state index contributed by atoms with van der Waals surface area (Å²) in [5.41, 5.74) is 9.84. The van der Waals surface area contributed by atoms with E-state index in [0.29, 0.717) is 29.6 Å². The number of amides is 1. The molecule has 1 amide bonds. The van der Waals surface area contributed by atoms with E-state index >= 15 is 0 Å². The van der Waals surface area contributed by atoms with Crippen molar-refractivity contribution in [3.8, 4) is 22.4 Å². The van der Waals surface area contributed by atoms with Gasteiger partial charge in [0.1, 0.15) is 10.7 Å². The summed E-state index contributed by atoms with van der Waals surface area (Å²) in [6.45, 7) is 0. The van der Waals surface area contributed by atoms with Crippen molar-refractivity contribution < 1.29 is 31.5 Å². The summed E-state index contributed by atoms with van der Waals surface area (Å²) < 4.78 is 66.5. The number of nitrogen functional groups attached to an aromatic ring is 1. The molecule has 14 heteroatoms. The molecule has 10 nitrogen and oxygen atoms in total. The lowest BCUT2D eigenvalue weighted by Crippen LogP contribution is -2.53. The molecule has 2 saturated heterocycles. The number of aliphatic hydroxyl groups excluding tert-OH is 1. The van der Waals surface area contributed by atoms with Gasteiger partial charge in [0.05, 0.1) is 17.6 Å². The molecule has 3 aromatic heterocycles. The zero-order chi connectivity index (χ0) is 30.0. The highest BCUT2D eigenvalue weighted by Crippen LogP contribution is 2.46. The summed E-state index contributed by atoms with van der Waals surface area (Å²) in [6, 6.07) is 12.1. The number of fused-ring (bicyclic) bond motifs is 3. The molecule has 0 spiro atoms. The Bertz CT molecular complexity index is 1760. The third-order valence-corrected chi connectivity index (χ3v) is 9.26. The molecule has 2 fully saturated rings. The Labute approximate surface area is 238 Å². The van der Waals surface area contributed by atoms with Crippen molar-refractivity contribution in [2.24, 2.45) is 0 Å². The molecular weight excluding hydrogens is 573 g/mol. The largest absolute Gasteiger partial charge is 0.423 e. The number of pyridine rings is 1. The molecule has 1 unspecified atom stereocenters. The number of hydrogen-bond donors (Lipinski definition) is 2. The monoisotopic (exact) mass is 600 g/mol. The summed E-state index contributed by atoms with van der Waals surface area (Å²) in [6.07, 6.45) is -2.77. The van der Waals surface area contributed by atoms with Crippen molar-refractivity contribution in [1.29, 1.82) is 0 Å². The van der Waals surface area contributed by atoms with Gasteiger partial charge in [0.2, 0.25) is 6.10 Å². The van der Waals surface area contributed by atoms with E-state index in [2.05, 4.69) is 10.1 Å². The van der Waals surface area contributed by atoms with Crippen LogP contribution in [0.25, 0.3) is 28.0 Å². The van der Waals surface area contributed by atoms with Gasteiger partial charge in [-0.1, -0.05) is 36.4 Å². The fourth-order valence-electron chi connectivity index (χ4n) is 6.25. The number of nitrogens with zero attached hydrogens (tertiary/aromatic N) is 5. The van der Waals surface area contributed by atoms with Crippen molar-refractivity contribution in [2.75, 3.05) is 12.0 Å². The number of anilines is 1. The number of rotatable bonds is 5. The van der Waals surface area contributed by atoms with Gasteiger partial charge >= 0.3 is 6.18 Å². The average Bonchev–Trinajstić information content (AvgIpc) is 3.49. The lowest BCUT2D eigenvalue weighted by atomic mass is 9.87. The molecule has 0 saturated carbocycles. The smallest absolute Gasteiger partial charge is 0.382 e. The standard InChI is InChI=1S/C28H27F3N6O4S/c1-42(40,41)23-22(17-11-18-8-9-19(12-17)36(18)27(39)24(38)28(29,30)31)35-26-20(14-34-37(26)25(23)32)16-7-10-21(33-13-16)15-5-3-2-4-6-15/h2-7,10,13-14,17-19,24,38H,8-9,11-12,32H2,1H3/t18-,19-,24?/m1/s1. The minimum atomic E-state index is -5.08. The van der Waals surface area contributed by atoms with Crippen LogP contribution in [0.15, 0.2) is 59.8 Å². The van der Waals surface area contributed by atoms with Crippen LogP contribution in [0.3, 0.4) is 0 Å². The number of aliphatic hydroxyl groups is 1. The first-order valence-electron chi connectivity index (χ1n) is 13.3. The molecule has 2 aliphatic heterocycles. The van der Waals surface area contributed by atoms with Crippen molar-refractivity contribution >= 4 is 27.2 Å². The van der Waals surface area contributed by atoms with Crippen LogP contribution in [-0.4, -0.2) is 74.5 Å². The SMILES string of the molecule is CS(=O)(=O)c1c(C2C[C@H]3CC[C@H](C2)N3C(=O)C(O)C(F)(F)F)nc2c(-c3ccc(-c4ccccc4)nc3)cnn2c1N. The molecule has 0 aliphatic carbocycles. The van der Waals surface area contributed by atoms with Gasteiger partial charge < -0.3 is 15.7 Å². The first-order valence-corrected chi connectivity index (χ1v) is 15.2. The van der Waals surface area contributed by atoms with Crippen molar-refractivity contribution in [2.45, 2.75) is 60.9 Å². The summed E-state index contributed by atoms with van der Waals surface area (Å²) in [4.78, 5) is 22.8. The Morgan fingerprint density at radius 2 is 1.71 bits per heavy atom. The second-order valence-corrected chi connectivity index (χ2v) is 12.8. The fourth-order valence-corrected chi connectivity index (χ4v) is 7.31. The maximum absolute atomic E-state index is 13.1. The van der Waals surface area contributed by atoms with E-state index in [1.54, 1.807) is 6.20 Å². The number of sulfone groups is 1. The van der Waals surface area contributed by atoms with Gasteiger partial charge in [-0.15, -0.1) is 0 Å². The van der Waals surface area contributed by atoms with E-state index in [9.17, 15) is 31.5 Å². The van der Waals surface area contributed by atoms with Crippen molar-refractivity contribution in [1.82, 2.24) is 24.5 Å². The highest BCUT2D eigenvalue weighted by molar-refractivity contribution is 7.91. The van der Waals surface area contributed by atoms with Gasteiger partial charge in [-0.3, -0.25) is 9.78 Å². The normalized spacial score (nSPS) is 21.5. The first kappa shape index (κ1) is 28.1. The molecule has 3 N–H and O–H groups in total. The molecular formula is C28H27F3N6O4S. The lowest BCUT2D eigenvalue weighted by molar-refractivity contribution is -0.212. The lowest BCUT2D eigenvalue weighted by Gasteiger charge is -2.40. The van der Waals surface area contributed by atoms with Gasteiger partial charge in [0, 0.05) is 47.1 Å². The predicted molar refractivity (Wildman–Crippen MR) is 147 cm³/mol. The fraction of sp³-hybridized carbons (Fsp3) is 0.357. The van der Waals surface area contributed by atoms with E-state index in [0.717, 1.165) is 22.4 Å². The second-order valence-electron chi connectivity index (χ2n) is 10.8. The van der Waals surface area contributed by atoms with Crippen LogP contribution >= 0.6 is 0 Å². The van der Waals surface area contributed by atoms with Crippen LogP contribution < -0.4 is 5.73 Å². The number of aromatic nitrogens is 4. The van der Waals surface area contributed by atoms with Gasteiger partial charge in [0.15, 0.2) is 15.5 Å². The average molecular weight is 601 g/mol. The summed E-state index contributed by atoms with van der Waals surface area (Å²) in [5.74, 6) is -2.02. The van der Waals surface area contributed by atoms with Gasteiger partial charge in [-0.2, -0.15) is 22.8 Å². The number of halogens is 3. The number of benzene rings is 1. The molecule has 3 atom stereocenters. The van der Waals surface area contributed by atoms with E-state index in [-0.39, 0.29) is 29.2 Å². The third-order valence-electron chi connectivity index (χ3n) is 8.10. The highest BCUT2D eigenvalue weighted by atomic mass is 32.2. The van der Waals surface area contributed by atoms with E-state index < -0.39 is 46.0 Å². The Balaban J connectivity index is 1.39. The minimum absolute atomic E-state index is 0.129. The molecule has 5 heterocycles. The predicted octanol–water partition coefficient (Wildman–Crippen LogP) is 3.60. The van der Waals surface area contributed by atoms with E-state index in [1.165, 1.54) is 10.7 Å². The zero-order valence-electron chi connectivity index (χ0n) is 22.4. The quantitative estimate of drug-likeness (QED) is 0.354. The van der Waals surface area contributed by atoms with Gasteiger partial charge in [0.25, 0.3) is 5.91 Å². The number of carbonyl (C=O) groups is 1. The number of piperidine rings is 1. The summed E-state index contributed by atoms with van der Waals surface area (Å²) >= 11 is 0. The maximum Gasteiger partial charge on any atom is 0.423 e. The van der Waals surface area contributed by atoms with Crippen LogP contribution in [0.4, 0.5) is 19.0 Å². The first-order chi connectivity index (χ1) is 19.8. The van der Waals surface area contributed by atoms with Gasteiger partial charge in [-0.25, -0.2) is 13.4 Å². The van der Waals surface area contributed by atoms with Crippen LogP contribution in [0.2, 0.25) is 0 Å². The second kappa shape index (κ2) is 10.1. The Hall–Kier alpha value is -4.04. The third kappa shape index (κ3) is 4.77. The van der Waals surface area contributed by atoms with E-state index in [1.807, 2.05) is 42.5 Å². The van der Waals surface area contributed by atoms with E-state index in [4.69, 9.17) is 10.7 Å². The molecule has 0 radical (unpaired) electrons. The summed E-state index contributed by atoms with van der Waals surface area (Å²) in [5, 5.41) is 13.9. The van der Waals surface area contributed by atoms with Crippen molar-refractivity contribution in [3.63, 3.8) is 0 Å². The van der Waals surface area contributed by atoms with Crippen LogP contribution in [0.1, 0.15) is 37.3 Å². The molecule has 1 aromatic carbocycles. The number of nitrogens with two attached hydrogens (primary N) is 1. The zero-order valence-corrected chi connectivity index (χ0v) is 23.2. The Kier molecular flexibility index (Phi) is 6.72. The van der Waals surface area contributed by atoms with Crippen molar-refractivity contribution in [3.05, 3.63) is 60.6 Å². The van der Waals surface area contributed by atoms with Crippen LogP contribution in [0.5, 0.6) is 0 Å². The van der Waals surface area contributed by atoms with Crippen LogP contribution in [-0.2, 0) is 14.6 Å². The maximum atomic E-state index is 13.1. The molecule has 220 valence electrons. The molecule has 42 heavy (non-hydrogen) atoms. The Morgan fingerprint density at radius 1 is 1.05 bits per heavy atom. The minimum Gasteiger partial charge on any atom is -0.382 e. The number of hydrogen-bond acceptors (Lipinski definition) is 8. The summed E-state index contributed by atoms with van der Waals surface area (Å²) in [7, 11) is -3.90.